The number of rotatable bonds is 3. The van der Waals surface area contributed by atoms with E-state index in [1.54, 1.807) is 11.3 Å². The molecule has 2 N–H and O–H groups in total. The molecule has 96 valence electrons. The second kappa shape index (κ2) is 5.11. The molecule has 18 heavy (non-hydrogen) atoms. The first-order valence-electron chi connectivity index (χ1n) is 5.86. The van der Waals surface area contributed by atoms with Crippen molar-refractivity contribution in [3.63, 3.8) is 0 Å². The first-order valence-corrected chi connectivity index (χ1v) is 7.47. The summed E-state index contributed by atoms with van der Waals surface area (Å²) in [6.07, 6.45) is 0.772. The van der Waals surface area contributed by atoms with Crippen LogP contribution in [0.4, 0.5) is 0 Å². The fraction of sp³-hybridized carbons (Fsp3) is 0.357. The van der Waals surface area contributed by atoms with E-state index in [4.69, 9.17) is 5.73 Å². The zero-order chi connectivity index (χ0) is 13.3. The molecule has 0 radical (unpaired) electrons. The lowest BCUT2D eigenvalue weighted by atomic mass is 9.90. The summed E-state index contributed by atoms with van der Waals surface area (Å²) >= 11 is 5.18. The molecule has 1 aromatic heterocycles. The van der Waals surface area contributed by atoms with Gasteiger partial charge >= 0.3 is 0 Å². The summed E-state index contributed by atoms with van der Waals surface area (Å²) in [6.45, 7) is 6.20. The van der Waals surface area contributed by atoms with Gasteiger partial charge in [0.05, 0.1) is 10.7 Å². The van der Waals surface area contributed by atoms with E-state index < -0.39 is 0 Å². The number of thiazole rings is 1. The summed E-state index contributed by atoms with van der Waals surface area (Å²) in [7, 11) is 0. The van der Waals surface area contributed by atoms with Gasteiger partial charge in [-0.15, -0.1) is 11.3 Å². The summed E-state index contributed by atoms with van der Waals surface area (Å²) in [5.41, 5.74) is 8.30. The topological polar surface area (TPSA) is 38.9 Å². The zero-order valence-electron chi connectivity index (χ0n) is 10.8. The van der Waals surface area contributed by atoms with Gasteiger partial charge in [-0.25, -0.2) is 4.98 Å². The normalized spacial score (nSPS) is 14.5. The Labute approximate surface area is 120 Å². The van der Waals surface area contributed by atoms with Gasteiger partial charge in [-0.05, 0) is 38.5 Å². The van der Waals surface area contributed by atoms with Crippen molar-refractivity contribution in [2.75, 3.05) is 0 Å². The number of benzene rings is 1. The molecule has 2 rings (SSSR count). The van der Waals surface area contributed by atoms with E-state index in [1.807, 2.05) is 19.1 Å². The van der Waals surface area contributed by atoms with Gasteiger partial charge in [0.1, 0.15) is 0 Å². The van der Waals surface area contributed by atoms with Gasteiger partial charge in [-0.3, -0.25) is 0 Å². The van der Waals surface area contributed by atoms with Gasteiger partial charge in [0, 0.05) is 21.3 Å². The Bertz CT molecular complexity index is 524. The average molecular weight is 325 g/mol. The van der Waals surface area contributed by atoms with Crippen molar-refractivity contribution in [3.05, 3.63) is 49.9 Å². The summed E-state index contributed by atoms with van der Waals surface area (Å²) in [5, 5.41) is 1.11. The number of nitrogens with zero attached hydrogens (tertiary/aromatic N) is 1. The molecular formula is C14H17BrN2S. The second-order valence-electron chi connectivity index (χ2n) is 4.85. The molecule has 2 aromatic rings. The van der Waals surface area contributed by atoms with Crippen LogP contribution in [-0.2, 0) is 12.0 Å². The SMILES string of the molecule is Cc1nc(CC(C)(N)c2ccc(Br)cc2)sc1C. The predicted molar refractivity (Wildman–Crippen MR) is 81.0 cm³/mol. The number of hydrogen-bond acceptors (Lipinski definition) is 3. The van der Waals surface area contributed by atoms with Gasteiger partial charge in [0.15, 0.2) is 0 Å². The van der Waals surface area contributed by atoms with Crippen LogP contribution in [0.2, 0.25) is 0 Å². The molecule has 2 nitrogen and oxygen atoms in total. The number of hydrogen-bond donors (Lipinski definition) is 1. The molecule has 0 bridgehead atoms. The van der Waals surface area contributed by atoms with Gasteiger partial charge in [-0.1, -0.05) is 28.1 Å². The molecule has 0 aliphatic rings. The number of nitrogens with two attached hydrogens (primary N) is 1. The lowest BCUT2D eigenvalue weighted by molar-refractivity contribution is 0.490. The molecule has 0 fully saturated rings. The Morgan fingerprint density at radius 2 is 1.89 bits per heavy atom. The Morgan fingerprint density at radius 3 is 2.39 bits per heavy atom. The molecule has 1 heterocycles. The molecule has 0 saturated heterocycles. The number of aromatic nitrogens is 1. The van der Waals surface area contributed by atoms with E-state index in [-0.39, 0.29) is 5.54 Å². The Balaban J connectivity index is 2.23. The highest BCUT2D eigenvalue weighted by Gasteiger charge is 2.23. The first-order chi connectivity index (χ1) is 8.38. The molecule has 0 spiro atoms. The maximum Gasteiger partial charge on any atom is 0.0952 e. The van der Waals surface area contributed by atoms with Crippen LogP contribution in [0.1, 0.15) is 28.1 Å². The fourth-order valence-corrected chi connectivity index (χ4v) is 3.23. The van der Waals surface area contributed by atoms with Crippen molar-refractivity contribution in [2.24, 2.45) is 5.73 Å². The molecule has 0 aliphatic heterocycles. The zero-order valence-corrected chi connectivity index (χ0v) is 13.2. The summed E-state index contributed by atoms with van der Waals surface area (Å²) in [4.78, 5) is 5.84. The van der Waals surface area contributed by atoms with Crippen LogP contribution in [0.5, 0.6) is 0 Å². The smallest absolute Gasteiger partial charge is 0.0952 e. The van der Waals surface area contributed by atoms with Crippen molar-refractivity contribution in [3.8, 4) is 0 Å². The highest BCUT2D eigenvalue weighted by molar-refractivity contribution is 9.10. The van der Waals surface area contributed by atoms with E-state index in [0.29, 0.717) is 0 Å². The summed E-state index contributed by atoms with van der Waals surface area (Å²) < 4.78 is 1.07. The first kappa shape index (κ1) is 13.7. The van der Waals surface area contributed by atoms with E-state index >= 15 is 0 Å². The predicted octanol–water partition coefficient (Wildman–Crippen LogP) is 3.94. The molecular weight excluding hydrogens is 308 g/mol. The third-order valence-corrected chi connectivity index (χ3v) is 4.70. The maximum absolute atomic E-state index is 6.43. The Morgan fingerprint density at radius 1 is 1.28 bits per heavy atom. The van der Waals surface area contributed by atoms with Crippen molar-refractivity contribution in [2.45, 2.75) is 32.7 Å². The summed E-state index contributed by atoms with van der Waals surface area (Å²) in [5.74, 6) is 0. The van der Waals surface area contributed by atoms with E-state index in [0.717, 1.165) is 27.2 Å². The largest absolute Gasteiger partial charge is 0.321 e. The Hall–Kier alpha value is -0.710. The van der Waals surface area contributed by atoms with E-state index in [1.165, 1.54) is 4.88 Å². The van der Waals surface area contributed by atoms with Gasteiger partial charge in [0.2, 0.25) is 0 Å². The standard InChI is InChI=1S/C14H17BrN2S/c1-9-10(2)18-13(17-9)8-14(3,16)11-4-6-12(15)7-5-11/h4-7H,8,16H2,1-3H3. The van der Waals surface area contributed by atoms with Gasteiger partial charge < -0.3 is 5.73 Å². The maximum atomic E-state index is 6.43. The minimum absolute atomic E-state index is 0.378. The third-order valence-electron chi connectivity index (χ3n) is 3.09. The minimum atomic E-state index is -0.378. The average Bonchev–Trinajstić information content (AvgIpc) is 2.57. The Kier molecular flexibility index (Phi) is 3.90. The van der Waals surface area contributed by atoms with Crippen LogP contribution in [-0.4, -0.2) is 4.98 Å². The summed E-state index contributed by atoms with van der Waals surface area (Å²) in [6, 6.07) is 8.19. The highest BCUT2D eigenvalue weighted by atomic mass is 79.9. The molecule has 4 heteroatoms. The van der Waals surface area contributed by atoms with Crippen molar-refractivity contribution >= 4 is 27.3 Å². The quantitative estimate of drug-likeness (QED) is 0.928. The highest BCUT2D eigenvalue weighted by Crippen LogP contribution is 2.27. The lowest BCUT2D eigenvalue weighted by Gasteiger charge is -2.24. The van der Waals surface area contributed by atoms with Gasteiger partial charge in [-0.2, -0.15) is 0 Å². The molecule has 0 amide bonds. The van der Waals surface area contributed by atoms with E-state index in [2.05, 4.69) is 46.9 Å². The monoisotopic (exact) mass is 324 g/mol. The minimum Gasteiger partial charge on any atom is -0.321 e. The number of aryl methyl sites for hydroxylation is 2. The van der Waals surface area contributed by atoms with Crippen LogP contribution in [0.25, 0.3) is 0 Å². The molecule has 1 unspecified atom stereocenters. The van der Waals surface area contributed by atoms with Crippen molar-refractivity contribution in [1.82, 2.24) is 4.98 Å². The van der Waals surface area contributed by atoms with Crippen LogP contribution in [0, 0.1) is 13.8 Å². The lowest BCUT2D eigenvalue weighted by Crippen LogP contribution is -2.35. The molecule has 0 saturated carbocycles. The van der Waals surface area contributed by atoms with Gasteiger partial charge in [0.25, 0.3) is 0 Å². The van der Waals surface area contributed by atoms with Crippen LogP contribution in [0.15, 0.2) is 28.7 Å². The molecule has 1 atom stereocenters. The van der Waals surface area contributed by atoms with Crippen LogP contribution in [0.3, 0.4) is 0 Å². The second-order valence-corrected chi connectivity index (χ2v) is 7.05. The molecule has 0 aliphatic carbocycles. The van der Waals surface area contributed by atoms with E-state index in [9.17, 15) is 0 Å². The fourth-order valence-electron chi connectivity index (χ4n) is 1.86. The molecule has 1 aromatic carbocycles. The van der Waals surface area contributed by atoms with Crippen molar-refractivity contribution in [1.29, 1.82) is 0 Å². The van der Waals surface area contributed by atoms with Crippen LogP contribution >= 0.6 is 27.3 Å². The third kappa shape index (κ3) is 2.99. The number of halogens is 1. The van der Waals surface area contributed by atoms with Crippen LogP contribution < -0.4 is 5.73 Å². The van der Waals surface area contributed by atoms with Crippen molar-refractivity contribution < 1.29 is 0 Å².